The van der Waals surface area contributed by atoms with Crippen LogP contribution >= 0.6 is 23.4 Å². The van der Waals surface area contributed by atoms with E-state index in [1.165, 1.54) is 0 Å². The highest BCUT2D eigenvalue weighted by Crippen LogP contribution is 2.46. The van der Waals surface area contributed by atoms with E-state index in [0.717, 1.165) is 24.9 Å². The standard InChI is InChI=1S/C14H21ClN2O2S2/c1-3-16-9-11-8-12(4-5-13(11)15)21(18,19)17-10-14(20-2)6-7-14/h4-5,8,16-17H,3,6-7,9-10H2,1-2H3. The molecule has 1 aromatic carbocycles. The Balaban J connectivity index is 2.12. The minimum atomic E-state index is -3.48. The summed E-state index contributed by atoms with van der Waals surface area (Å²) in [4.78, 5) is 0.275. The molecule has 118 valence electrons. The molecule has 0 amide bonds. The molecule has 2 rings (SSSR count). The molecule has 1 aliphatic rings. The van der Waals surface area contributed by atoms with Gasteiger partial charge in [-0.25, -0.2) is 13.1 Å². The van der Waals surface area contributed by atoms with Crippen LogP contribution in [0.15, 0.2) is 23.1 Å². The highest BCUT2D eigenvalue weighted by Gasteiger charge is 2.42. The molecular weight excluding hydrogens is 328 g/mol. The zero-order valence-corrected chi connectivity index (χ0v) is 14.7. The van der Waals surface area contributed by atoms with E-state index in [1.54, 1.807) is 30.0 Å². The van der Waals surface area contributed by atoms with E-state index < -0.39 is 10.0 Å². The number of nitrogens with one attached hydrogen (secondary N) is 2. The second-order valence-corrected chi connectivity index (χ2v) is 8.69. The fourth-order valence-corrected chi connectivity index (χ4v) is 4.20. The average molecular weight is 349 g/mol. The van der Waals surface area contributed by atoms with Crippen molar-refractivity contribution in [2.75, 3.05) is 19.3 Å². The van der Waals surface area contributed by atoms with Crippen molar-refractivity contribution in [3.8, 4) is 0 Å². The quantitative estimate of drug-likeness (QED) is 0.758. The number of sulfonamides is 1. The molecule has 0 unspecified atom stereocenters. The van der Waals surface area contributed by atoms with Gasteiger partial charge in [0.2, 0.25) is 10.0 Å². The average Bonchev–Trinajstić information content (AvgIpc) is 3.25. The van der Waals surface area contributed by atoms with Gasteiger partial charge in [0.1, 0.15) is 0 Å². The highest BCUT2D eigenvalue weighted by molar-refractivity contribution is 8.00. The number of benzene rings is 1. The van der Waals surface area contributed by atoms with Crippen LogP contribution in [0.4, 0.5) is 0 Å². The monoisotopic (exact) mass is 348 g/mol. The SMILES string of the molecule is CCNCc1cc(S(=O)(=O)NCC2(SC)CC2)ccc1Cl. The lowest BCUT2D eigenvalue weighted by atomic mass is 10.2. The van der Waals surface area contributed by atoms with Crippen molar-refractivity contribution in [2.45, 2.75) is 36.0 Å². The molecular formula is C14H21ClN2O2S2. The molecule has 0 radical (unpaired) electrons. The van der Waals surface area contributed by atoms with E-state index in [0.29, 0.717) is 18.1 Å². The van der Waals surface area contributed by atoms with E-state index in [-0.39, 0.29) is 9.64 Å². The summed E-state index contributed by atoms with van der Waals surface area (Å²) in [5, 5.41) is 3.74. The van der Waals surface area contributed by atoms with Gasteiger partial charge in [-0.3, -0.25) is 0 Å². The molecule has 1 saturated carbocycles. The Hall–Kier alpha value is -0.270. The Bertz CT molecular complexity index is 601. The third-order valence-corrected chi connectivity index (χ3v) is 6.90. The maximum atomic E-state index is 12.4. The third-order valence-electron chi connectivity index (χ3n) is 3.72. The van der Waals surface area contributed by atoms with Gasteiger partial charge in [0, 0.05) is 22.9 Å². The van der Waals surface area contributed by atoms with Crippen molar-refractivity contribution in [3.63, 3.8) is 0 Å². The van der Waals surface area contributed by atoms with Crippen LogP contribution in [0.25, 0.3) is 0 Å². The largest absolute Gasteiger partial charge is 0.313 e. The smallest absolute Gasteiger partial charge is 0.240 e. The molecule has 1 aliphatic carbocycles. The zero-order valence-electron chi connectivity index (χ0n) is 12.3. The number of hydrogen-bond acceptors (Lipinski definition) is 4. The lowest BCUT2D eigenvalue weighted by Crippen LogP contribution is -2.31. The van der Waals surface area contributed by atoms with Crippen molar-refractivity contribution in [3.05, 3.63) is 28.8 Å². The van der Waals surface area contributed by atoms with Gasteiger partial charge in [0.15, 0.2) is 0 Å². The summed E-state index contributed by atoms with van der Waals surface area (Å²) >= 11 is 7.84. The predicted octanol–water partition coefficient (Wildman–Crippen LogP) is 2.62. The van der Waals surface area contributed by atoms with Crippen LogP contribution < -0.4 is 10.0 Å². The van der Waals surface area contributed by atoms with Gasteiger partial charge in [0.05, 0.1) is 4.90 Å². The van der Waals surface area contributed by atoms with Crippen molar-refractivity contribution < 1.29 is 8.42 Å². The molecule has 0 spiro atoms. The number of thioether (sulfide) groups is 1. The number of rotatable bonds is 8. The number of halogens is 1. The maximum Gasteiger partial charge on any atom is 0.240 e. The van der Waals surface area contributed by atoms with Crippen LogP contribution in [0, 0.1) is 0 Å². The van der Waals surface area contributed by atoms with Gasteiger partial charge < -0.3 is 5.32 Å². The van der Waals surface area contributed by atoms with Crippen molar-refractivity contribution in [1.82, 2.24) is 10.0 Å². The Morgan fingerprint density at radius 1 is 1.38 bits per heavy atom. The van der Waals surface area contributed by atoms with Crippen LogP contribution in [-0.2, 0) is 16.6 Å². The molecule has 1 fully saturated rings. The first kappa shape index (κ1) is 17.1. The fraction of sp³-hybridized carbons (Fsp3) is 0.571. The molecule has 0 heterocycles. The molecule has 0 bridgehead atoms. The molecule has 0 aromatic heterocycles. The lowest BCUT2D eigenvalue weighted by Gasteiger charge is -2.14. The number of hydrogen-bond donors (Lipinski definition) is 2. The second kappa shape index (κ2) is 6.87. The topological polar surface area (TPSA) is 58.2 Å². The lowest BCUT2D eigenvalue weighted by molar-refractivity contribution is 0.579. The Morgan fingerprint density at radius 3 is 2.67 bits per heavy atom. The van der Waals surface area contributed by atoms with E-state index in [1.807, 2.05) is 13.2 Å². The molecule has 7 heteroatoms. The molecule has 1 aromatic rings. The first-order chi connectivity index (χ1) is 9.92. The minimum absolute atomic E-state index is 0.103. The molecule has 2 N–H and O–H groups in total. The summed E-state index contributed by atoms with van der Waals surface area (Å²) in [6, 6.07) is 4.84. The van der Waals surface area contributed by atoms with Crippen molar-refractivity contribution in [2.24, 2.45) is 0 Å². The second-order valence-electron chi connectivity index (χ2n) is 5.25. The third kappa shape index (κ3) is 4.36. The minimum Gasteiger partial charge on any atom is -0.313 e. The van der Waals surface area contributed by atoms with Gasteiger partial charge in [0.25, 0.3) is 0 Å². The van der Waals surface area contributed by atoms with Crippen LogP contribution in [-0.4, -0.2) is 32.5 Å². The predicted molar refractivity (Wildman–Crippen MR) is 89.5 cm³/mol. The van der Waals surface area contributed by atoms with Gasteiger partial charge >= 0.3 is 0 Å². The Kier molecular flexibility index (Phi) is 5.59. The van der Waals surface area contributed by atoms with Crippen LogP contribution in [0.1, 0.15) is 25.3 Å². The Labute approximate surface area is 136 Å². The van der Waals surface area contributed by atoms with Crippen LogP contribution in [0.3, 0.4) is 0 Å². The summed E-state index contributed by atoms with van der Waals surface area (Å²) in [5.74, 6) is 0. The molecule has 4 nitrogen and oxygen atoms in total. The summed E-state index contributed by atoms with van der Waals surface area (Å²) in [7, 11) is -3.48. The van der Waals surface area contributed by atoms with Gasteiger partial charge in [-0.05, 0) is 49.4 Å². The van der Waals surface area contributed by atoms with E-state index in [4.69, 9.17) is 11.6 Å². The van der Waals surface area contributed by atoms with E-state index >= 15 is 0 Å². The molecule has 21 heavy (non-hydrogen) atoms. The van der Waals surface area contributed by atoms with Crippen LogP contribution in [0.2, 0.25) is 5.02 Å². The summed E-state index contributed by atoms with van der Waals surface area (Å²) in [6.45, 7) is 3.85. The van der Waals surface area contributed by atoms with Gasteiger partial charge in [-0.15, -0.1) is 0 Å². The first-order valence-corrected chi connectivity index (χ1v) is 10.0. The maximum absolute atomic E-state index is 12.4. The van der Waals surface area contributed by atoms with Crippen molar-refractivity contribution >= 4 is 33.4 Å². The summed E-state index contributed by atoms with van der Waals surface area (Å²) in [6.07, 6.45) is 4.17. The first-order valence-electron chi connectivity index (χ1n) is 6.96. The fourth-order valence-electron chi connectivity index (χ4n) is 2.02. The molecule has 0 aliphatic heterocycles. The summed E-state index contributed by atoms with van der Waals surface area (Å²) < 4.78 is 27.6. The highest BCUT2D eigenvalue weighted by atomic mass is 35.5. The molecule has 0 saturated heterocycles. The van der Waals surface area contributed by atoms with Crippen LogP contribution in [0.5, 0.6) is 0 Å². The normalized spacial score (nSPS) is 16.9. The molecule has 0 atom stereocenters. The van der Waals surface area contributed by atoms with Gasteiger partial charge in [-0.2, -0.15) is 11.8 Å². The van der Waals surface area contributed by atoms with E-state index in [2.05, 4.69) is 10.0 Å². The zero-order chi connectivity index (χ0) is 15.5. The van der Waals surface area contributed by atoms with Crippen molar-refractivity contribution in [1.29, 1.82) is 0 Å². The van der Waals surface area contributed by atoms with Gasteiger partial charge in [-0.1, -0.05) is 18.5 Å². The summed E-state index contributed by atoms with van der Waals surface area (Å²) in [5.41, 5.74) is 0.799. The Morgan fingerprint density at radius 2 is 2.10 bits per heavy atom. The van der Waals surface area contributed by atoms with E-state index in [9.17, 15) is 8.42 Å².